The SMILES string of the molecule is CC(C)(C)c1ccc(N2c3cc(C(C)(C)C)cc4c3B(c3ccc5c(c32)C(C)(C)c2ccccc2-5)N2c3c-4cc(C(C)(C)C)cc3C3(C)CCCCC23C)c(-c2ccccc2)c1. The van der Waals surface area contributed by atoms with Crippen molar-refractivity contribution in [2.45, 2.75) is 148 Å². The van der Waals surface area contributed by atoms with E-state index in [2.05, 4.69) is 209 Å². The predicted molar refractivity (Wildman–Crippen MR) is 267 cm³/mol. The third kappa shape index (κ3) is 5.17. The molecule has 0 amide bonds. The van der Waals surface area contributed by atoms with Crippen molar-refractivity contribution in [3.8, 4) is 33.4 Å². The van der Waals surface area contributed by atoms with Crippen LogP contribution in [0.1, 0.15) is 149 Å². The van der Waals surface area contributed by atoms with Crippen LogP contribution < -0.4 is 20.6 Å². The lowest BCUT2D eigenvalue weighted by Crippen LogP contribution is -2.71. The molecule has 0 aromatic heterocycles. The van der Waals surface area contributed by atoms with E-state index >= 15 is 0 Å². The van der Waals surface area contributed by atoms with E-state index in [1.807, 2.05) is 0 Å². The van der Waals surface area contributed by atoms with Gasteiger partial charge in [-0.15, -0.1) is 0 Å². The third-order valence-corrected chi connectivity index (χ3v) is 16.6. The molecule has 5 aliphatic rings. The minimum Gasteiger partial charge on any atom is -0.400 e. The second kappa shape index (κ2) is 12.6. The average molecular weight is 813 g/mol. The van der Waals surface area contributed by atoms with Crippen LogP contribution in [0, 0.1) is 0 Å². The molecule has 3 aliphatic heterocycles. The van der Waals surface area contributed by atoms with E-state index < -0.39 is 0 Å². The van der Waals surface area contributed by atoms with Crippen molar-refractivity contribution in [2.24, 2.45) is 0 Å². The van der Waals surface area contributed by atoms with Gasteiger partial charge >= 0.3 is 6.85 Å². The van der Waals surface area contributed by atoms with Crippen LogP contribution in [-0.4, -0.2) is 12.4 Å². The van der Waals surface area contributed by atoms with Gasteiger partial charge in [0, 0.05) is 44.6 Å². The summed E-state index contributed by atoms with van der Waals surface area (Å²) >= 11 is 0. The summed E-state index contributed by atoms with van der Waals surface area (Å²) < 4.78 is 0. The third-order valence-electron chi connectivity index (χ3n) is 16.6. The fourth-order valence-corrected chi connectivity index (χ4v) is 12.8. The summed E-state index contributed by atoms with van der Waals surface area (Å²) in [6.45, 7) is 31.8. The molecule has 3 heterocycles. The first-order valence-corrected chi connectivity index (χ1v) is 23.6. The lowest BCUT2D eigenvalue weighted by Gasteiger charge is -2.55. The first-order valence-electron chi connectivity index (χ1n) is 23.6. The number of benzene rings is 6. The van der Waals surface area contributed by atoms with Gasteiger partial charge in [0.2, 0.25) is 0 Å². The second-order valence-corrected chi connectivity index (χ2v) is 23.7. The Labute approximate surface area is 372 Å². The van der Waals surface area contributed by atoms with E-state index in [0.717, 1.165) is 0 Å². The van der Waals surface area contributed by atoms with Gasteiger partial charge in [-0.1, -0.05) is 181 Å². The second-order valence-electron chi connectivity index (χ2n) is 23.7. The van der Waals surface area contributed by atoms with Gasteiger partial charge in [0.15, 0.2) is 0 Å². The van der Waals surface area contributed by atoms with Gasteiger partial charge in [-0.2, -0.15) is 0 Å². The highest BCUT2D eigenvalue weighted by molar-refractivity contribution is 6.93. The van der Waals surface area contributed by atoms with Crippen molar-refractivity contribution >= 4 is 40.5 Å². The van der Waals surface area contributed by atoms with Gasteiger partial charge in [0.25, 0.3) is 0 Å². The normalized spacial score (nSPS) is 21.5. The van der Waals surface area contributed by atoms with Crippen LogP contribution in [0.15, 0.2) is 109 Å². The maximum atomic E-state index is 3.02. The van der Waals surface area contributed by atoms with Crippen molar-refractivity contribution in [3.05, 3.63) is 143 Å². The molecule has 0 saturated heterocycles. The molecular formula is C59H65BN2. The number of fused-ring (bicyclic) bond motifs is 11. The molecule has 0 bridgehead atoms. The van der Waals surface area contributed by atoms with Gasteiger partial charge in [-0.25, -0.2) is 0 Å². The molecule has 0 N–H and O–H groups in total. The van der Waals surface area contributed by atoms with Crippen LogP contribution in [0.25, 0.3) is 33.4 Å². The fraction of sp³-hybridized carbons (Fsp3) is 0.390. The number of anilines is 4. The Hall–Kier alpha value is -5.02. The Morgan fingerprint density at radius 1 is 0.500 bits per heavy atom. The van der Waals surface area contributed by atoms with E-state index in [1.165, 1.54) is 121 Å². The standard InChI is InChI=1S/C59H65BN2/c1-54(2,3)37-25-28-48(42(31-37)36-21-15-14-16-22-36)61-49-35-39(56(7,8)9)32-43-44-33-38(55(4,5)6)34-46-52(44)62(59(13)30-20-19-29-58(46,59)12)60(51(43)49)47-27-26-41-40-23-17-18-24-45(40)57(10,11)50(41)53(47)61/h14-18,21-28,31-35H,19-20,29-30H2,1-13H3. The van der Waals surface area contributed by atoms with Gasteiger partial charge in [0.05, 0.1) is 5.69 Å². The maximum Gasteiger partial charge on any atom is 0.328 e. The summed E-state index contributed by atoms with van der Waals surface area (Å²) in [5.41, 5.74) is 24.8. The number of nitrogens with zero attached hydrogens (tertiary/aromatic N) is 2. The van der Waals surface area contributed by atoms with Crippen molar-refractivity contribution in [2.75, 3.05) is 9.71 Å². The molecule has 2 atom stereocenters. The van der Waals surface area contributed by atoms with Crippen molar-refractivity contribution in [1.82, 2.24) is 0 Å². The Balaban J connectivity index is 1.34. The molecule has 6 aromatic carbocycles. The molecule has 2 unspecified atom stereocenters. The number of hydrogen-bond donors (Lipinski definition) is 0. The molecule has 2 nitrogen and oxygen atoms in total. The molecular weight excluding hydrogens is 747 g/mol. The van der Waals surface area contributed by atoms with Crippen molar-refractivity contribution in [1.29, 1.82) is 0 Å². The topological polar surface area (TPSA) is 6.48 Å². The predicted octanol–water partition coefficient (Wildman–Crippen LogP) is 14.5. The summed E-state index contributed by atoms with van der Waals surface area (Å²) in [7, 11) is 0. The van der Waals surface area contributed by atoms with Gasteiger partial charge in [0.1, 0.15) is 0 Å². The summed E-state index contributed by atoms with van der Waals surface area (Å²) in [5, 5.41) is 0. The quantitative estimate of drug-likeness (QED) is 0.161. The van der Waals surface area contributed by atoms with E-state index in [0.29, 0.717) is 0 Å². The van der Waals surface area contributed by atoms with Crippen LogP contribution in [0.5, 0.6) is 0 Å². The average Bonchev–Trinajstić information content (AvgIpc) is 3.59. The zero-order chi connectivity index (χ0) is 43.7. The molecule has 62 heavy (non-hydrogen) atoms. The van der Waals surface area contributed by atoms with Crippen LogP contribution in [0.4, 0.5) is 22.7 Å². The van der Waals surface area contributed by atoms with E-state index in [4.69, 9.17) is 0 Å². The number of rotatable bonds is 2. The molecule has 0 spiro atoms. The summed E-state index contributed by atoms with van der Waals surface area (Å²) in [4.78, 5) is 5.80. The Kier molecular flexibility index (Phi) is 8.08. The zero-order valence-corrected chi connectivity index (χ0v) is 39.7. The molecule has 314 valence electrons. The van der Waals surface area contributed by atoms with Crippen LogP contribution >= 0.6 is 0 Å². The highest BCUT2D eigenvalue weighted by Crippen LogP contribution is 2.65. The molecule has 2 aliphatic carbocycles. The molecule has 0 radical (unpaired) electrons. The summed E-state index contributed by atoms with van der Waals surface area (Å²) in [6.07, 6.45) is 4.95. The highest BCUT2D eigenvalue weighted by Gasteiger charge is 2.63. The van der Waals surface area contributed by atoms with Crippen LogP contribution in [-0.2, 0) is 27.1 Å². The number of hydrogen-bond acceptors (Lipinski definition) is 2. The van der Waals surface area contributed by atoms with E-state index in [9.17, 15) is 0 Å². The molecule has 6 aromatic rings. The molecule has 1 fully saturated rings. The smallest absolute Gasteiger partial charge is 0.328 e. The summed E-state index contributed by atoms with van der Waals surface area (Å²) in [6, 6.07) is 43.4. The molecule has 3 heteroatoms. The van der Waals surface area contributed by atoms with Crippen LogP contribution in [0.2, 0.25) is 0 Å². The monoisotopic (exact) mass is 813 g/mol. The summed E-state index contributed by atoms with van der Waals surface area (Å²) in [5.74, 6) is 0. The fourth-order valence-electron chi connectivity index (χ4n) is 12.8. The van der Waals surface area contributed by atoms with Gasteiger partial charge in [-0.05, 0) is 127 Å². The minimum atomic E-state index is -0.219. The lowest BCUT2D eigenvalue weighted by molar-refractivity contribution is 0.199. The van der Waals surface area contributed by atoms with E-state index in [-0.39, 0.29) is 39.5 Å². The van der Waals surface area contributed by atoms with Gasteiger partial charge in [-0.3, -0.25) is 0 Å². The Morgan fingerprint density at radius 2 is 1.13 bits per heavy atom. The first-order chi connectivity index (χ1) is 29.2. The Bertz CT molecular complexity index is 2880. The van der Waals surface area contributed by atoms with Crippen molar-refractivity contribution < 1.29 is 0 Å². The molecule has 11 rings (SSSR count). The maximum absolute atomic E-state index is 3.02. The largest absolute Gasteiger partial charge is 0.400 e. The Morgan fingerprint density at radius 3 is 1.84 bits per heavy atom. The van der Waals surface area contributed by atoms with Gasteiger partial charge < -0.3 is 9.71 Å². The lowest BCUT2D eigenvalue weighted by atomic mass is 9.41. The van der Waals surface area contributed by atoms with Crippen molar-refractivity contribution in [3.63, 3.8) is 0 Å². The minimum absolute atomic E-state index is 0.00676. The zero-order valence-electron chi connectivity index (χ0n) is 39.7. The van der Waals surface area contributed by atoms with Crippen LogP contribution in [0.3, 0.4) is 0 Å². The first kappa shape index (κ1) is 39.8. The van der Waals surface area contributed by atoms with E-state index in [1.54, 1.807) is 5.56 Å². The molecule has 1 saturated carbocycles. The highest BCUT2D eigenvalue weighted by atomic mass is 15.2.